The van der Waals surface area contributed by atoms with Crippen LogP contribution < -0.4 is 0 Å². The van der Waals surface area contributed by atoms with Gasteiger partial charge in [-0.15, -0.1) is 0 Å². The maximum atomic E-state index is 13.5. The van der Waals surface area contributed by atoms with E-state index >= 15 is 0 Å². The number of nitro benzene ring substituents is 1. The van der Waals surface area contributed by atoms with Gasteiger partial charge in [-0.05, 0) is 37.5 Å². The zero-order valence-corrected chi connectivity index (χ0v) is 21.0. The Labute approximate surface area is 214 Å². The molecule has 0 radical (unpaired) electrons. The zero-order chi connectivity index (χ0) is 25.7. The number of para-hydroxylation sites is 1. The number of hydrogen-bond donors (Lipinski definition) is 1. The third-order valence-corrected chi connectivity index (χ3v) is 8.84. The molecule has 1 aliphatic rings. The van der Waals surface area contributed by atoms with E-state index in [0.29, 0.717) is 6.42 Å². The van der Waals surface area contributed by atoms with Crippen LogP contribution in [0.3, 0.4) is 0 Å². The average Bonchev–Trinajstić information content (AvgIpc) is 3.17. The lowest BCUT2D eigenvalue weighted by molar-refractivity contribution is -0.387. The number of benzene rings is 2. The highest BCUT2D eigenvalue weighted by molar-refractivity contribution is 7.89. The van der Waals surface area contributed by atoms with Crippen molar-refractivity contribution in [3.8, 4) is 11.3 Å². The lowest BCUT2D eigenvalue weighted by Gasteiger charge is -2.45. The number of halogens is 3. The number of nitro groups is 1. The molecule has 0 amide bonds. The number of rotatable bonds is 7. The van der Waals surface area contributed by atoms with Crippen molar-refractivity contribution in [1.82, 2.24) is 9.46 Å². The van der Waals surface area contributed by atoms with Crippen LogP contribution in [0.25, 0.3) is 11.3 Å². The quantitative estimate of drug-likeness (QED) is 0.290. The number of aromatic carboxylic acids is 1. The van der Waals surface area contributed by atoms with Gasteiger partial charge in [0.15, 0.2) is 10.7 Å². The van der Waals surface area contributed by atoms with Crippen molar-refractivity contribution in [3.05, 3.63) is 72.9 Å². The number of aromatic nitrogens is 1. The largest absolute Gasteiger partial charge is 0.477 e. The summed E-state index contributed by atoms with van der Waals surface area (Å²) in [5.74, 6) is -1.67. The fraction of sp³-hybridized carbons (Fsp3) is 0.238. The van der Waals surface area contributed by atoms with Crippen LogP contribution in [-0.4, -0.2) is 40.9 Å². The maximum Gasteiger partial charge on any atom is 0.341 e. The molecule has 1 N–H and O–H groups in total. The van der Waals surface area contributed by atoms with Crippen LogP contribution in [0.2, 0.25) is 15.1 Å². The summed E-state index contributed by atoms with van der Waals surface area (Å²) >= 11 is 18.5. The molecule has 10 nitrogen and oxygen atoms in total. The molecule has 4 rings (SSSR count). The molecule has 2 aromatic carbocycles. The number of hydrogen-bond acceptors (Lipinski definition) is 7. The average molecular weight is 561 g/mol. The normalized spacial score (nSPS) is 15.1. The van der Waals surface area contributed by atoms with E-state index in [9.17, 15) is 28.4 Å². The van der Waals surface area contributed by atoms with Crippen molar-refractivity contribution in [2.75, 3.05) is 7.05 Å². The van der Waals surface area contributed by atoms with E-state index in [1.165, 1.54) is 31.3 Å². The number of nitrogens with zero attached hydrogens (tertiary/aromatic N) is 3. The molecule has 184 valence electrons. The van der Waals surface area contributed by atoms with E-state index in [4.69, 9.17) is 39.3 Å². The van der Waals surface area contributed by atoms with E-state index in [0.717, 1.165) is 16.4 Å². The highest BCUT2D eigenvalue weighted by atomic mass is 35.5. The van der Waals surface area contributed by atoms with Gasteiger partial charge in [0, 0.05) is 23.7 Å². The molecule has 35 heavy (non-hydrogen) atoms. The van der Waals surface area contributed by atoms with Gasteiger partial charge in [-0.1, -0.05) is 52.1 Å². The Bertz CT molecular complexity index is 1450. The first kappa shape index (κ1) is 25.4. The molecule has 1 fully saturated rings. The van der Waals surface area contributed by atoms with Crippen LogP contribution in [0.5, 0.6) is 0 Å². The van der Waals surface area contributed by atoms with E-state index in [2.05, 4.69) is 5.16 Å². The molecular weight excluding hydrogens is 545 g/mol. The molecule has 0 atom stereocenters. The van der Waals surface area contributed by atoms with Gasteiger partial charge >= 0.3 is 5.97 Å². The summed E-state index contributed by atoms with van der Waals surface area (Å²) in [5.41, 5.74) is -2.61. The fourth-order valence-electron chi connectivity index (χ4n) is 4.15. The second-order valence-electron chi connectivity index (χ2n) is 7.87. The zero-order valence-electron chi connectivity index (χ0n) is 17.9. The first-order valence-corrected chi connectivity index (χ1v) is 12.6. The van der Waals surface area contributed by atoms with Crippen LogP contribution >= 0.6 is 34.8 Å². The highest BCUT2D eigenvalue weighted by Crippen LogP contribution is 2.51. The van der Waals surface area contributed by atoms with E-state index in [-0.39, 0.29) is 44.9 Å². The summed E-state index contributed by atoms with van der Waals surface area (Å²) in [6, 6.07) is 7.62. The number of sulfonamides is 1. The molecule has 1 saturated carbocycles. The van der Waals surface area contributed by atoms with E-state index in [1.807, 2.05) is 0 Å². The molecule has 1 heterocycles. The summed E-state index contributed by atoms with van der Waals surface area (Å²) in [5, 5.41) is 25.7. The van der Waals surface area contributed by atoms with Gasteiger partial charge in [0.2, 0.25) is 0 Å². The Balaban J connectivity index is 1.90. The smallest absolute Gasteiger partial charge is 0.341 e. The Kier molecular flexibility index (Phi) is 6.58. The minimum Gasteiger partial charge on any atom is -0.477 e. The molecule has 0 saturated heterocycles. The molecule has 14 heteroatoms. The van der Waals surface area contributed by atoms with Gasteiger partial charge in [0.25, 0.3) is 15.7 Å². The highest BCUT2D eigenvalue weighted by Gasteiger charge is 2.54. The molecule has 3 aromatic rings. The standard InChI is InChI=1S/C21H16Cl3N3O7S/c1-26(35(32,33)15-6-3-2-5-14(15)27(30)31)21(7-4-8-21)19-17(20(28)29)18(25-34-19)16-12(23)9-11(22)10-13(16)24/h2-3,5-6,9-10H,4,7-8H2,1H3,(H,28,29). The van der Waals surface area contributed by atoms with Crippen molar-refractivity contribution < 1.29 is 27.8 Å². The summed E-state index contributed by atoms with van der Waals surface area (Å²) in [7, 11) is -3.24. The van der Waals surface area contributed by atoms with Crippen molar-refractivity contribution in [3.63, 3.8) is 0 Å². The monoisotopic (exact) mass is 559 g/mol. The molecule has 0 unspecified atom stereocenters. The molecular formula is C21H16Cl3N3O7S. The van der Waals surface area contributed by atoms with Gasteiger partial charge in [0.1, 0.15) is 11.3 Å². The third kappa shape index (κ3) is 4.07. The molecule has 0 bridgehead atoms. The van der Waals surface area contributed by atoms with Crippen molar-refractivity contribution >= 4 is 56.5 Å². The van der Waals surface area contributed by atoms with Crippen LogP contribution in [0.1, 0.15) is 35.4 Å². The van der Waals surface area contributed by atoms with Gasteiger partial charge in [-0.25, -0.2) is 13.2 Å². The van der Waals surface area contributed by atoms with E-state index < -0.39 is 42.6 Å². The Morgan fingerprint density at radius 3 is 2.31 bits per heavy atom. The van der Waals surface area contributed by atoms with Crippen molar-refractivity contribution in [2.24, 2.45) is 0 Å². The summed E-state index contributed by atoms with van der Waals surface area (Å²) < 4.78 is 33.4. The second-order valence-corrected chi connectivity index (χ2v) is 11.1. The minimum atomic E-state index is -4.46. The molecule has 1 aromatic heterocycles. The summed E-state index contributed by atoms with van der Waals surface area (Å²) in [6.45, 7) is 0. The van der Waals surface area contributed by atoms with Crippen LogP contribution in [0, 0.1) is 10.1 Å². The molecule has 1 aliphatic carbocycles. The number of carboxylic acid groups (broad SMARTS) is 1. The predicted molar refractivity (Wildman–Crippen MR) is 128 cm³/mol. The first-order valence-electron chi connectivity index (χ1n) is 10.0. The summed E-state index contributed by atoms with van der Waals surface area (Å²) in [4.78, 5) is 22.5. The number of carboxylic acids is 1. The fourth-order valence-corrected chi connectivity index (χ4v) is 6.82. The van der Waals surface area contributed by atoms with Gasteiger partial charge in [-0.3, -0.25) is 10.1 Å². The molecule has 0 spiro atoms. The summed E-state index contributed by atoms with van der Waals surface area (Å²) in [6.07, 6.45) is 0.939. The van der Waals surface area contributed by atoms with Crippen LogP contribution in [0.4, 0.5) is 5.69 Å². The van der Waals surface area contributed by atoms with Gasteiger partial charge in [0.05, 0.1) is 20.5 Å². The second kappa shape index (κ2) is 9.07. The van der Waals surface area contributed by atoms with E-state index in [1.54, 1.807) is 0 Å². The van der Waals surface area contributed by atoms with Crippen molar-refractivity contribution in [1.29, 1.82) is 0 Å². The Morgan fingerprint density at radius 1 is 1.20 bits per heavy atom. The third-order valence-electron chi connectivity index (χ3n) is 6.06. The number of carbonyl (C=O) groups is 1. The first-order chi connectivity index (χ1) is 16.4. The topological polar surface area (TPSA) is 144 Å². The van der Waals surface area contributed by atoms with Crippen molar-refractivity contribution in [2.45, 2.75) is 29.7 Å². The van der Waals surface area contributed by atoms with Gasteiger partial charge < -0.3 is 9.63 Å². The van der Waals surface area contributed by atoms with Gasteiger partial charge in [-0.2, -0.15) is 4.31 Å². The SMILES string of the molecule is CN(C1(c2onc(-c3c(Cl)cc(Cl)cc3Cl)c2C(=O)O)CCC1)S(=O)(=O)c1ccccc1[N+](=O)[O-]. The lowest BCUT2D eigenvalue weighted by Crippen LogP contribution is -2.52. The lowest BCUT2D eigenvalue weighted by atomic mass is 9.73. The molecule has 0 aliphatic heterocycles. The Hall–Kier alpha value is -2.70. The predicted octanol–water partition coefficient (Wildman–Crippen LogP) is 5.61. The van der Waals surface area contributed by atoms with Crippen LogP contribution in [-0.2, 0) is 15.6 Å². The van der Waals surface area contributed by atoms with Crippen LogP contribution in [0.15, 0.2) is 45.8 Å². The Morgan fingerprint density at radius 2 is 1.80 bits per heavy atom. The maximum absolute atomic E-state index is 13.5. The minimum absolute atomic E-state index is 0.0217.